The molecule has 18 heavy (non-hydrogen) atoms. The highest BCUT2D eigenvalue weighted by molar-refractivity contribution is 5.70. The molecule has 0 unspecified atom stereocenters. The van der Waals surface area contributed by atoms with Crippen LogP contribution in [0.2, 0.25) is 0 Å². The zero-order chi connectivity index (χ0) is 13.2. The number of benzene rings is 2. The highest BCUT2D eigenvalue weighted by atomic mass is 19.3. The van der Waals surface area contributed by atoms with Crippen molar-refractivity contribution in [2.75, 3.05) is 0 Å². The summed E-state index contributed by atoms with van der Waals surface area (Å²) in [6, 6.07) is 14.7. The Morgan fingerprint density at radius 1 is 0.944 bits per heavy atom. The second-order valence-corrected chi connectivity index (χ2v) is 4.28. The summed E-state index contributed by atoms with van der Waals surface area (Å²) in [6.07, 6.45) is 0. The second kappa shape index (κ2) is 4.73. The third-order valence-electron chi connectivity index (χ3n) is 2.92. The summed E-state index contributed by atoms with van der Waals surface area (Å²) in [5, 5.41) is 0. The van der Waals surface area contributed by atoms with E-state index in [1.54, 1.807) is 30.3 Å². The zero-order valence-corrected chi connectivity index (χ0v) is 10.2. The van der Waals surface area contributed by atoms with Crippen LogP contribution in [0.3, 0.4) is 0 Å². The first kappa shape index (κ1) is 12.5. The zero-order valence-electron chi connectivity index (χ0n) is 10.2. The summed E-state index contributed by atoms with van der Waals surface area (Å²) in [7, 11) is 0. The van der Waals surface area contributed by atoms with Crippen molar-refractivity contribution >= 4 is 5.57 Å². The lowest BCUT2D eigenvalue weighted by atomic mass is 9.95. The molecule has 2 aromatic carbocycles. The molecule has 0 amide bonds. The average Bonchev–Trinajstić information content (AvgIpc) is 2.40. The fourth-order valence-corrected chi connectivity index (χ4v) is 1.76. The molecule has 0 aromatic heterocycles. The van der Waals surface area contributed by atoms with Gasteiger partial charge >= 0.3 is 0 Å². The Labute approximate surface area is 106 Å². The van der Waals surface area contributed by atoms with Gasteiger partial charge < -0.3 is 0 Å². The van der Waals surface area contributed by atoms with Crippen LogP contribution in [0.4, 0.5) is 8.78 Å². The molecule has 0 N–H and O–H groups in total. The monoisotopic (exact) mass is 244 g/mol. The van der Waals surface area contributed by atoms with Gasteiger partial charge in [-0.05, 0) is 12.5 Å². The van der Waals surface area contributed by atoms with E-state index < -0.39 is 5.92 Å². The minimum absolute atomic E-state index is 0.0319. The first-order valence-electron chi connectivity index (χ1n) is 5.71. The van der Waals surface area contributed by atoms with Gasteiger partial charge in [-0.2, -0.15) is 8.78 Å². The van der Waals surface area contributed by atoms with E-state index in [2.05, 4.69) is 6.58 Å². The standard InChI is InChI=1S/C16H14F2/c1-12-8-10-14(11-9-12)13(2)16(17,18)15-6-4-3-5-7-15/h3-11H,2H2,1H3. The van der Waals surface area contributed by atoms with E-state index in [4.69, 9.17) is 0 Å². The summed E-state index contributed by atoms with van der Waals surface area (Å²) >= 11 is 0. The largest absolute Gasteiger partial charge is 0.298 e. The van der Waals surface area contributed by atoms with Gasteiger partial charge in [-0.15, -0.1) is 0 Å². The number of rotatable bonds is 3. The molecule has 0 fully saturated rings. The summed E-state index contributed by atoms with van der Waals surface area (Å²) in [6.45, 7) is 5.47. The first-order chi connectivity index (χ1) is 8.51. The Hall–Kier alpha value is -1.96. The number of aryl methyl sites for hydroxylation is 1. The van der Waals surface area contributed by atoms with Crippen molar-refractivity contribution < 1.29 is 8.78 Å². The van der Waals surface area contributed by atoms with Crippen molar-refractivity contribution in [2.45, 2.75) is 12.8 Å². The molecule has 0 atom stereocenters. The molecule has 0 spiro atoms. The molecule has 0 heterocycles. The molecule has 2 aromatic rings. The van der Waals surface area contributed by atoms with Gasteiger partial charge in [0.1, 0.15) is 0 Å². The van der Waals surface area contributed by atoms with Crippen LogP contribution in [0.5, 0.6) is 0 Å². The normalized spacial score (nSPS) is 11.3. The Balaban J connectivity index is 2.36. The summed E-state index contributed by atoms with van der Waals surface area (Å²) in [4.78, 5) is 0. The van der Waals surface area contributed by atoms with E-state index in [1.807, 2.05) is 19.1 Å². The van der Waals surface area contributed by atoms with Gasteiger partial charge in [-0.1, -0.05) is 66.7 Å². The van der Waals surface area contributed by atoms with E-state index in [9.17, 15) is 8.78 Å². The molecular weight excluding hydrogens is 230 g/mol. The van der Waals surface area contributed by atoms with Gasteiger partial charge in [0, 0.05) is 11.1 Å². The van der Waals surface area contributed by atoms with Crippen molar-refractivity contribution in [1.29, 1.82) is 0 Å². The lowest BCUT2D eigenvalue weighted by molar-refractivity contribution is 0.0647. The molecule has 0 radical (unpaired) electrons. The van der Waals surface area contributed by atoms with E-state index in [-0.39, 0.29) is 11.1 Å². The van der Waals surface area contributed by atoms with Gasteiger partial charge in [-0.25, -0.2) is 0 Å². The SMILES string of the molecule is C=C(c1ccc(C)cc1)C(F)(F)c1ccccc1. The van der Waals surface area contributed by atoms with Crippen molar-refractivity contribution in [3.05, 3.63) is 77.9 Å². The lowest BCUT2D eigenvalue weighted by Crippen LogP contribution is -2.15. The highest BCUT2D eigenvalue weighted by Gasteiger charge is 2.35. The maximum absolute atomic E-state index is 14.2. The number of halogens is 2. The van der Waals surface area contributed by atoms with Crippen molar-refractivity contribution in [3.63, 3.8) is 0 Å². The summed E-state index contributed by atoms with van der Waals surface area (Å²) < 4.78 is 28.5. The Morgan fingerprint density at radius 3 is 2.06 bits per heavy atom. The van der Waals surface area contributed by atoms with Crippen LogP contribution in [0.1, 0.15) is 16.7 Å². The third kappa shape index (κ3) is 2.33. The van der Waals surface area contributed by atoms with Crippen LogP contribution in [0.25, 0.3) is 5.57 Å². The summed E-state index contributed by atoms with van der Waals surface area (Å²) in [5.74, 6) is -3.05. The van der Waals surface area contributed by atoms with Crippen LogP contribution >= 0.6 is 0 Å². The van der Waals surface area contributed by atoms with Crippen molar-refractivity contribution in [3.8, 4) is 0 Å². The fourth-order valence-electron chi connectivity index (χ4n) is 1.76. The number of allylic oxidation sites excluding steroid dienone is 1. The lowest BCUT2D eigenvalue weighted by Gasteiger charge is -2.19. The average molecular weight is 244 g/mol. The number of alkyl halides is 2. The smallest absolute Gasteiger partial charge is 0.196 e. The molecule has 0 saturated carbocycles. The van der Waals surface area contributed by atoms with E-state index in [0.717, 1.165) is 5.56 Å². The van der Waals surface area contributed by atoms with Gasteiger partial charge in [0.05, 0.1) is 0 Å². The van der Waals surface area contributed by atoms with Gasteiger partial charge in [0.2, 0.25) is 0 Å². The minimum Gasteiger partial charge on any atom is -0.196 e. The number of hydrogen-bond donors (Lipinski definition) is 0. The Morgan fingerprint density at radius 2 is 1.50 bits per heavy atom. The van der Waals surface area contributed by atoms with Crippen LogP contribution < -0.4 is 0 Å². The predicted molar refractivity (Wildman–Crippen MR) is 70.5 cm³/mol. The minimum atomic E-state index is -3.05. The van der Waals surface area contributed by atoms with Crippen LogP contribution in [0, 0.1) is 6.92 Å². The maximum Gasteiger partial charge on any atom is 0.298 e. The molecular formula is C16H14F2. The van der Waals surface area contributed by atoms with Crippen LogP contribution in [-0.4, -0.2) is 0 Å². The van der Waals surface area contributed by atoms with Crippen molar-refractivity contribution in [2.24, 2.45) is 0 Å². The predicted octanol–water partition coefficient (Wildman–Crippen LogP) is 4.80. The molecule has 0 aliphatic carbocycles. The molecule has 0 nitrogen and oxygen atoms in total. The van der Waals surface area contributed by atoms with E-state index >= 15 is 0 Å². The Kier molecular flexibility index (Phi) is 3.28. The molecule has 2 rings (SSSR count). The van der Waals surface area contributed by atoms with Crippen molar-refractivity contribution in [1.82, 2.24) is 0 Å². The first-order valence-corrected chi connectivity index (χ1v) is 5.71. The highest BCUT2D eigenvalue weighted by Crippen LogP contribution is 2.40. The molecule has 0 aliphatic heterocycles. The van der Waals surface area contributed by atoms with Gasteiger partial charge in [0.25, 0.3) is 5.92 Å². The molecule has 92 valence electrons. The maximum atomic E-state index is 14.2. The van der Waals surface area contributed by atoms with E-state index in [1.165, 1.54) is 12.1 Å². The fraction of sp³-hybridized carbons (Fsp3) is 0.125. The molecule has 0 saturated heterocycles. The van der Waals surface area contributed by atoms with Gasteiger partial charge in [0.15, 0.2) is 0 Å². The van der Waals surface area contributed by atoms with Gasteiger partial charge in [-0.3, -0.25) is 0 Å². The molecule has 2 heteroatoms. The quantitative estimate of drug-likeness (QED) is 0.727. The molecule has 0 bridgehead atoms. The Bertz CT molecular complexity index is 539. The summed E-state index contributed by atoms with van der Waals surface area (Å²) in [5.41, 5.74) is 1.30. The third-order valence-corrected chi connectivity index (χ3v) is 2.92. The molecule has 0 aliphatic rings. The van der Waals surface area contributed by atoms with E-state index in [0.29, 0.717) is 5.56 Å². The van der Waals surface area contributed by atoms with Crippen LogP contribution in [0.15, 0.2) is 61.2 Å². The second-order valence-electron chi connectivity index (χ2n) is 4.28. The number of hydrogen-bond acceptors (Lipinski definition) is 0. The topological polar surface area (TPSA) is 0 Å². The van der Waals surface area contributed by atoms with Crippen LogP contribution in [-0.2, 0) is 5.92 Å².